The molecule has 23 heavy (non-hydrogen) atoms. The van der Waals surface area contributed by atoms with E-state index in [0.717, 1.165) is 25.8 Å². The summed E-state index contributed by atoms with van der Waals surface area (Å²) in [5.74, 6) is 0.172. The number of carbonyl (C=O) groups excluding carboxylic acids is 2. The summed E-state index contributed by atoms with van der Waals surface area (Å²) in [4.78, 5) is 28.2. The van der Waals surface area contributed by atoms with E-state index < -0.39 is 5.60 Å². The number of amides is 1. The Labute approximate surface area is 139 Å². The second kappa shape index (κ2) is 7.07. The molecule has 2 aliphatic rings. The largest absolute Gasteiger partial charge is 0.468 e. The van der Waals surface area contributed by atoms with Crippen LogP contribution in [0.3, 0.4) is 0 Å². The van der Waals surface area contributed by atoms with Crippen molar-refractivity contribution in [1.82, 2.24) is 9.80 Å². The monoisotopic (exact) mass is 326 g/mol. The first-order valence-electron chi connectivity index (χ1n) is 8.54. The molecule has 0 spiro atoms. The normalized spacial score (nSPS) is 29.4. The predicted octanol–water partition coefficient (Wildman–Crippen LogP) is 2.27. The molecule has 2 fully saturated rings. The van der Waals surface area contributed by atoms with E-state index in [9.17, 15) is 9.59 Å². The summed E-state index contributed by atoms with van der Waals surface area (Å²) in [7, 11) is 1.45. The summed E-state index contributed by atoms with van der Waals surface area (Å²) in [5.41, 5.74) is -0.470. The Morgan fingerprint density at radius 1 is 1.13 bits per heavy atom. The number of likely N-dealkylation sites (tertiary alicyclic amines) is 2. The highest BCUT2D eigenvalue weighted by Gasteiger charge is 2.41. The molecule has 1 amide bonds. The minimum atomic E-state index is -0.470. The average Bonchev–Trinajstić information content (AvgIpc) is 2.93. The zero-order valence-corrected chi connectivity index (χ0v) is 15.0. The van der Waals surface area contributed by atoms with Crippen molar-refractivity contribution < 1.29 is 19.1 Å². The van der Waals surface area contributed by atoms with Crippen LogP contribution in [0.2, 0.25) is 0 Å². The SMILES string of the molecule is COC(=O)C1CCCN1C1CCN(C(=O)OC(C)(C)C)CC1C. The number of carbonyl (C=O) groups is 2. The molecule has 0 saturated carbocycles. The molecular formula is C17H30N2O4. The molecule has 0 aromatic heterocycles. The van der Waals surface area contributed by atoms with Gasteiger partial charge in [0.05, 0.1) is 7.11 Å². The molecule has 132 valence electrons. The Morgan fingerprint density at radius 2 is 1.83 bits per heavy atom. The third kappa shape index (κ3) is 4.37. The van der Waals surface area contributed by atoms with Gasteiger partial charge in [0.1, 0.15) is 11.6 Å². The highest BCUT2D eigenvalue weighted by atomic mass is 16.6. The summed E-state index contributed by atoms with van der Waals surface area (Å²) in [6.45, 7) is 10.1. The maximum atomic E-state index is 12.2. The number of hydrogen-bond acceptors (Lipinski definition) is 5. The molecule has 2 rings (SSSR count). The Balaban J connectivity index is 1.96. The topological polar surface area (TPSA) is 59.1 Å². The number of hydrogen-bond donors (Lipinski definition) is 0. The molecule has 3 atom stereocenters. The van der Waals surface area contributed by atoms with E-state index in [1.807, 2.05) is 20.8 Å². The molecular weight excluding hydrogens is 296 g/mol. The molecule has 0 aromatic carbocycles. The lowest BCUT2D eigenvalue weighted by atomic mass is 9.92. The van der Waals surface area contributed by atoms with Crippen molar-refractivity contribution in [3.8, 4) is 0 Å². The molecule has 6 nitrogen and oxygen atoms in total. The first-order chi connectivity index (χ1) is 10.7. The van der Waals surface area contributed by atoms with Gasteiger partial charge >= 0.3 is 12.1 Å². The van der Waals surface area contributed by atoms with Gasteiger partial charge in [-0.15, -0.1) is 0 Å². The molecule has 0 radical (unpaired) electrons. The van der Waals surface area contributed by atoms with Crippen LogP contribution >= 0.6 is 0 Å². The van der Waals surface area contributed by atoms with Crippen LogP contribution in [-0.4, -0.2) is 66.3 Å². The summed E-state index contributed by atoms with van der Waals surface area (Å²) in [6, 6.07) is 0.195. The van der Waals surface area contributed by atoms with E-state index in [0.29, 0.717) is 25.0 Å². The lowest BCUT2D eigenvalue weighted by Crippen LogP contribution is -2.54. The summed E-state index contributed by atoms with van der Waals surface area (Å²) in [5, 5.41) is 0. The number of ether oxygens (including phenoxy) is 2. The minimum Gasteiger partial charge on any atom is -0.468 e. The zero-order valence-electron chi connectivity index (χ0n) is 15.0. The number of nitrogens with zero attached hydrogens (tertiary/aromatic N) is 2. The molecule has 3 unspecified atom stereocenters. The van der Waals surface area contributed by atoms with Crippen molar-refractivity contribution in [3.63, 3.8) is 0 Å². The Hall–Kier alpha value is -1.30. The molecule has 0 aromatic rings. The van der Waals surface area contributed by atoms with E-state index in [4.69, 9.17) is 9.47 Å². The smallest absolute Gasteiger partial charge is 0.410 e. The fourth-order valence-corrected chi connectivity index (χ4v) is 3.69. The summed E-state index contributed by atoms with van der Waals surface area (Å²) >= 11 is 0. The Morgan fingerprint density at radius 3 is 2.39 bits per heavy atom. The van der Waals surface area contributed by atoms with E-state index >= 15 is 0 Å². The second-order valence-corrected chi connectivity index (χ2v) is 7.68. The van der Waals surface area contributed by atoms with Crippen molar-refractivity contribution >= 4 is 12.1 Å². The van der Waals surface area contributed by atoms with Gasteiger partial charge in [-0.1, -0.05) is 6.92 Å². The van der Waals surface area contributed by atoms with Gasteiger partial charge in [0.25, 0.3) is 0 Å². The fourth-order valence-electron chi connectivity index (χ4n) is 3.69. The van der Waals surface area contributed by atoms with Crippen LogP contribution in [-0.2, 0) is 14.3 Å². The lowest BCUT2D eigenvalue weighted by Gasteiger charge is -2.42. The van der Waals surface area contributed by atoms with Gasteiger partial charge < -0.3 is 14.4 Å². The van der Waals surface area contributed by atoms with Crippen molar-refractivity contribution in [2.24, 2.45) is 5.92 Å². The minimum absolute atomic E-state index is 0.125. The van der Waals surface area contributed by atoms with E-state index in [1.165, 1.54) is 7.11 Å². The van der Waals surface area contributed by atoms with Crippen LogP contribution in [0.1, 0.15) is 47.0 Å². The van der Waals surface area contributed by atoms with Crippen LogP contribution in [0.4, 0.5) is 4.79 Å². The third-order valence-corrected chi connectivity index (χ3v) is 4.71. The third-order valence-electron chi connectivity index (χ3n) is 4.71. The maximum absolute atomic E-state index is 12.2. The van der Waals surface area contributed by atoms with Gasteiger partial charge in [0, 0.05) is 19.1 Å². The fraction of sp³-hybridized carbons (Fsp3) is 0.882. The average molecular weight is 326 g/mol. The number of methoxy groups -OCH3 is 1. The molecule has 0 bridgehead atoms. The van der Waals surface area contributed by atoms with E-state index in [1.54, 1.807) is 4.90 Å². The molecule has 2 aliphatic heterocycles. The molecule has 2 heterocycles. The lowest BCUT2D eigenvalue weighted by molar-refractivity contribution is -0.147. The van der Waals surface area contributed by atoms with E-state index in [-0.39, 0.29) is 18.1 Å². The van der Waals surface area contributed by atoms with Gasteiger partial charge in [0.15, 0.2) is 0 Å². The van der Waals surface area contributed by atoms with Gasteiger partial charge in [-0.25, -0.2) is 4.79 Å². The summed E-state index contributed by atoms with van der Waals surface area (Å²) in [6.07, 6.45) is 2.52. The first-order valence-corrected chi connectivity index (χ1v) is 8.54. The quantitative estimate of drug-likeness (QED) is 0.729. The van der Waals surface area contributed by atoms with Crippen molar-refractivity contribution in [2.45, 2.75) is 64.6 Å². The zero-order chi connectivity index (χ0) is 17.2. The van der Waals surface area contributed by atoms with Crippen LogP contribution in [0.25, 0.3) is 0 Å². The molecule has 0 N–H and O–H groups in total. The van der Waals surface area contributed by atoms with Crippen LogP contribution in [0.5, 0.6) is 0 Å². The van der Waals surface area contributed by atoms with Crippen LogP contribution in [0.15, 0.2) is 0 Å². The number of rotatable bonds is 2. The predicted molar refractivity (Wildman–Crippen MR) is 87.1 cm³/mol. The van der Waals surface area contributed by atoms with Crippen molar-refractivity contribution in [2.75, 3.05) is 26.7 Å². The maximum Gasteiger partial charge on any atom is 0.410 e. The number of piperidine rings is 1. The highest BCUT2D eigenvalue weighted by molar-refractivity contribution is 5.76. The number of esters is 1. The van der Waals surface area contributed by atoms with Crippen LogP contribution < -0.4 is 0 Å². The second-order valence-electron chi connectivity index (χ2n) is 7.68. The van der Waals surface area contributed by atoms with Gasteiger partial charge in [-0.2, -0.15) is 0 Å². The van der Waals surface area contributed by atoms with E-state index in [2.05, 4.69) is 11.8 Å². The Kier molecular flexibility index (Phi) is 5.55. The molecule has 6 heteroatoms. The van der Waals surface area contributed by atoms with Crippen LogP contribution in [0, 0.1) is 5.92 Å². The first kappa shape index (κ1) is 18.0. The van der Waals surface area contributed by atoms with Gasteiger partial charge in [0.2, 0.25) is 0 Å². The standard InChI is InChI=1S/C17H30N2O4/c1-12-11-18(16(21)23-17(2,3)4)10-8-13(12)19-9-6-7-14(19)15(20)22-5/h12-14H,6-11H2,1-5H3. The molecule has 0 aliphatic carbocycles. The highest BCUT2D eigenvalue weighted by Crippen LogP contribution is 2.30. The van der Waals surface area contributed by atoms with Gasteiger partial charge in [-0.3, -0.25) is 9.69 Å². The Bertz CT molecular complexity index is 446. The molecule has 2 saturated heterocycles. The van der Waals surface area contributed by atoms with Crippen molar-refractivity contribution in [1.29, 1.82) is 0 Å². The van der Waals surface area contributed by atoms with Crippen molar-refractivity contribution in [3.05, 3.63) is 0 Å². The van der Waals surface area contributed by atoms with Gasteiger partial charge in [-0.05, 0) is 52.5 Å². The summed E-state index contributed by atoms with van der Waals surface area (Å²) < 4.78 is 10.4.